The largest absolute Gasteiger partial charge is 0.498 e. The number of thioether (sulfide) groups is 1. The SMILES string of the molecule is COC1=C(OCC2=C[C@@H](CSC3CC(O)N(CCCC(=O)NCC=O)C3O)CC(COC3=C(OC)C[C@@H]4C(=O)N5C6CCCCC6C[C@H]5CN[C@@H]4C3)C2)CC2NC(S(=O)(=O)O)[C@@H]3CC4CCCC[C@@H]4N3C(=O)[C@@H]2C1. The van der Waals surface area contributed by atoms with Crippen LogP contribution in [0.3, 0.4) is 0 Å². The Bertz CT molecular complexity index is 2300. The third kappa shape index (κ3) is 11.3. The van der Waals surface area contributed by atoms with E-state index in [2.05, 4.69) is 26.9 Å². The first-order chi connectivity index (χ1) is 35.7. The van der Waals surface area contributed by atoms with Crippen molar-refractivity contribution < 1.29 is 61.3 Å². The van der Waals surface area contributed by atoms with Gasteiger partial charge >= 0.3 is 0 Å². The fourth-order valence-electron chi connectivity index (χ4n) is 15.2. The predicted octanol–water partition coefficient (Wildman–Crippen LogP) is 3.52. The van der Waals surface area contributed by atoms with Crippen LogP contribution in [0.15, 0.2) is 34.7 Å². The number of fused-ring (bicyclic) bond motifs is 8. The summed E-state index contributed by atoms with van der Waals surface area (Å²) >= 11 is 1.61. The first-order valence-electron chi connectivity index (χ1n) is 27.7. The highest BCUT2D eigenvalue weighted by atomic mass is 32.2. The van der Waals surface area contributed by atoms with Gasteiger partial charge in [0.2, 0.25) is 17.7 Å². The average molecular weight is 1070 g/mol. The van der Waals surface area contributed by atoms with Crippen LogP contribution in [-0.4, -0.2) is 174 Å². The van der Waals surface area contributed by atoms with E-state index in [1.54, 1.807) is 35.8 Å². The molecule has 5 heterocycles. The number of carbonyl (C=O) groups excluding carboxylic acids is 4. The number of likely N-dealkylation sites (tertiary alicyclic amines) is 1. The van der Waals surface area contributed by atoms with Crippen molar-refractivity contribution in [1.82, 2.24) is 30.7 Å². The Hall–Kier alpha value is -3.44. The molecule has 21 heteroatoms. The molecule has 0 aromatic heterocycles. The van der Waals surface area contributed by atoms with Crippen LogP contribution in [0, 0.1) is 35.5 Å². The Morgan fingerprint density at radius 2 is 1.49 bits per heavy atom. The molecule has 0 aromatic rings. The summed E-state index contributed by atoms with van der Waals surface area (Å²) in [6, 6.07) is -0.806. The highest BCUT2D eigenvalue weighted by Gasteiger charge is 2.57. The van der Waals surface area contributed by atoms with Gasteiger partial charge in [0.15, 0.2) is 5.37 Å². The molecule has 5 saturated heterocycles. The molecule has 7 fully saturated rings. The molecule has 0 bridgehead atoms. The smallest absolute Gasteiger partial charge is 0.283 e. The van der Waals surface area contributed by atoms with E-state index in [-0.39, 0.29) is 97.2 Å². The zero-order valence-corrected chi connectivity index (χ0v) is 44.8. The minimum absolute atomic E-state index is 0.0473. The number of methoxy groups -OCH3 is 2. The molecule has 10 aliphatic rings. The van der Waals surface area contributed by atoms with Gasteiger partial charge in [-0.05, 0) is 87.0 Å². The van der Waals surface area contributed by atoms with Gasteiger partial charge in [-0.2, -0.15) is 20.2 Å². The lowest BCUT2D eigenvalue weighted by Crippen LogP contribution is -2.52. The number of ether oxygens (including phenoxy) is 4. The van der Waals surface area contributed by atoms with Gasteiger partial charge in [-0.1, -0.05) is 31.8 Å². The number of hydrogen-bond acceptors (Lipinski definition) is 16. The summed E-state index contributed by atoms with van der Waals surface area (Å²) in [7, 11) is -1.34. The second-order valence-electron chi connectivity index (χ2n) is 23.1. The topological polar surface area (TPSA) is 246 Å². The molecule has 2 saturated carbocycles. The maximum Gasteiger partial charge on any atom is 0.283 e. The van der Waals surface area contributed by atoms with Crippen LogP contribution in [0.2, 0.25) is 0 Å². The standard InChI is InChI=1S/C53H80N6O13S2/c1-69-43-21-36-38(55-26-35-19-33-8-3-5-10-40(33)58(35)51(36)63)23-45(43)71-27-30-16-31(18-32(17-30)29-73-47-25-49(62)57(53(47)65)14-7-12-48(61)54-13-15-60)28-72-46-24-39-37(22-44(46)70-2)52(64)59-41-11-6-4-9-34(41)20-42(59)50(56-39)74(66,67)68/h15,18,30,32-42,47,49-50,53,55-56,62,65H,3-14,16-17,19-29H2,1-2H3,(H,54,61)(H,66,67,68)/t30?,32-,33?,34?,35-,36-,37+,38+,39?,40?,41-,42-,47?,49?,50?,53?/m0/s1. The van der Waals surface area contributed by atoms with Crippen LogP contribution in [0.5, 0.6) is 0 Å². The molecule has 16 atom stereocenters. The third-order valence-electron chi connectivity index (χ3n) is 18.6. The van der Waals surface area contributed by atoms with Gasteiger partial charge < -0.3 is 54.4 Å². The number of hydrogen-bond donors (Lipinski definition) is 6. The number of nitrogens with one attached hydrogen (secondary N) is 3. The van der Waals surface area contributed by atoms with Gasteiger partial charge in [0.05, 0.1) is 45.2 Å². The van der Waals surface area contributed by atoms with E-state index in [0.29, 0.717) is 87.2 Å². The summed E-state index contributed by atoms with van der Waals surface area (Å²) in [6.07, 6.45) is 15.0. The van der Waals surface area contributed by atoms with E-state index in [1.165, 1.54) is 19.3 Å². The molecule has 9 unspecified atom stereocenters. The van der Waals surface area contributed by atoms with Gasteiger partial charge in [0.25, 0.3) is 10.1 Å². The van der Waals surface area contributed by atoms with E-state index < -0.39 is 45.9 Å². The molecule has 6 N–H and O–H groups in total. The highest BCUT2D eigenvalue weighted by molar-refractivity contribution is 8.00. The number of rotatable bonds is 18. The zero-order chi connectivity index (χ0) is 51.8. The minimum Gasteiger partial charge on any atom is -0.498 e. The number of aldehydes is 1. The molecule has 10 rings (SSSR count). The van der Waals surface area contributed by atoms with Crippen molar-refractivity contribution >= 4 is 45.9 Å². The van der Waals surface area contributed by atoms with Crippen LogP contribution >= 0.6 is 11.8 Å². The first-order valence-corrected chi connectivity index (χ1v) is 30.3. The lowest BCUT2D eigenvalue weighted by Gasteiger charge is -2.37. The quantitative estimate of drug-likeness (QED) is 0.0653. The number of carbonyl (C=O) groups is 4. The van der Waals surface area contributed by atoms with Crippen molar-refractivity contribution in [3.8, 4) is 0 Å². The molecule has 3 amide bonds. The van der Waals surface area contributed by atoms with Gasteiger partial charge in [0, 0.05) is 92.8 Å². The Labute approximate surface area is 440 Å². The molecule has 5 aliphatic carbocycles. The van der Waals surface area contributed by atoms with Crippen LogP contribution in [0.1, 0.15) is 122 Å². The summed E-state index contributed by atoms with van der Waals surface area (Å²) in [5.41, 5.74) is 1.04. The lowest BCUT2D eigenvalue weighted by molar-refractivity contribution is -0.140. The molecular weight excluding hydrogens is 993 g/mol. The average Bonchev–Trinajstić information content (AvgIpc) is 4.00. The van der Waals surface area contributed by atoms with Gasteiger partial charge in [-0.3, -0.25) is 29.2 Å². The Morgan fingerprint density at radius 3 is 2.20 bits per heavy atom. The molecular formula is C53H80N6O13S2. The Balaban J connectivity index is 0.831. The lowest BCUT2D eigenvalue weighted by atomic mass is 9.82. The molecule has 74 heavy (non-hydrogen) atoms. The number of amides is 3. The maximum absolute atomic E-state index is 14.5. The van der Waals surface area contributed by atoms with Crippen LogP contribution < -0.4 is 16.0 Å². The van der Waals surface area contributed by atoms with Crippen molar-refractivity contribution in [3.05, 3.63) is 34.7 Å². The maximum atomic E-state index is 14.5. The van der Waals surface area contributed by atoms with Crippen molar-refractivity contribution in [3.63, 3.8) is 0 Å². The first kappa shape index (κ1) is 53.9. The molecule has 412 valence electrons. The summed E-state index contributed by atoms with van der Waals surface area (Å²) < 4.78 is 62.3. The van der Waals surface area contributed by atoms with Gasteiger partial charge in [-0.25, -0.2) is 0 Å². The van der Waals surface area contributed by atoms with E-state index in [9.17, 15) is 42.4 Å². The van der Waals surface area contributed by atoms with Crippen LogP contribution in [0.25, 0.3) is 0 Å². The van der Waals surface area contributed by atoms with Crippen molar-refractivity contribution in [2.45, 2.75) is 181 Å². The van der Waals surface area contributed by atoms with E-state index in [4.69, 9.17) is 18.9 Å². The summed E-state index contributed by atoms with van der Waals surface area (Å²) in [6.45, 7) is 1.67. The Kier molecular flexibility index (Phi) is 17.0. The normalized spacial score (nSPS) is 38.4. The zero-order valence-electron chi connectivity index (χ0n) is 43.2. The van der Waals surface area contributed by atoms with Crippen LogP contribution in [0.4, 0.5) is 0 Å². The molecule has 0 radical (unpaired) electrons. The van der Waals surface area contributed by atoms with E-state index >= 15 is 0 Å². The molecule has 0 aromatic carbocycles. The minimum atomic E-state index is -4.57. The fraction of sp³-hybridized carbons (Fsp3) is 0.811. The highest BCUT2D eigenvalue weighted by Crippen LogP contribution is 2.48. The van der Waals surface area contributed by atoms with Crippen molar-refractivity contribution in [2.24, 2.45) is 35.5 Å². The van der Waals surface area contributed by atoms with E-state index in [0.717, 1.165) is 68.6 Å². The molecule has 19 nitrogen and oxygen atoms in total. The number of aliphatic hydroxyl groups excluding tert-OH is 2. The summed E-state index contributed by atoms with van der Waals surface area (Å²) in [4.78, 5) is 57.3. The van der Waals surface area contributed by atoms with Crippen molar-refractivity contribution in [1.29, 1.82) is 0 Å². The number of allylic oxidation sites excluding steroid dienone is 3. The van der Waals surface area contributed by atoms with Gasteiger partial charge in [-0.15, -0.1) is 0 Å². The fourth-order valence-corrected chi connectivity index (χ4v) is 17.5. The second-order valence-corrected chi connectivity index (χ2v) is 25.9. The predicted molar refractivity (Wildman–Crippen MR) is 274 cm³/mol. The third-order valence-corrected chi connectivity index (χ3v) is 21.2. The monoisotopic (exact) mass is 1070 g/mol. The number of aliphatic hydroxyl groups is 2. The Morgan fingerprint density at radius 1 is 0.824 bits per heavy atom. The molecule has 0 spiro atoms. The summed E-state index contributed by atoms with van der Waals surface area (Å²) in [5, 5.41) is 30.4. The summed E-state index contributed by atoms with van der Waals surface area (Å²) in [5.74, 6) is 3.21. The van der Waals surface area contributed by atoms with Gasteiger partial charge in [0.1, 0.15) is 48.4 Å². The van der Waals surface area contributed by atoms with Crippen molar-refractivity contribution in [2.75, 3.05) is 52.8 Å². The number of nitrogens with zero attached hydrogens (tertiary/aromatic N) is 3. The molecule has 5 aliphatic heterocycles. The second kappa shape index (κ2) is 23.3. The van der Waals surface area contributed by atoms with E-state index in [1.807, 2.05) is 0 Å². The van der Waals surface area contributed by atoms with Crippen LogP contribution in [-0.2, 0) is 48.2 Å².